The maximum Gasteiger partial charge on any atom is 0.0852 e. The number of hydrogen-bond acceptors (Lipinski definition) is 4. The summed E-state index contributed by atoms with van der Waals surface area (Å²) in [4.78, 5) is 3.98. The highest BCUT2D eigenvalue weighted by Crippen LogP contribution is 2.24. The zero-order chi connectivity index (χ0) is 19.0. The van der Waals surface area contributed by atoms with Crippen molar-refractivity contribution in [3.8, 4) is 0 Å². The van der Waals surface area contributed by atoms with Gasteiger partial charge in [-0.2, -0.15) is 0 Å². The second-order valence-electron chi connectivity index (χ2n) is 6.33. The molecule has 5 heteroatoms. The predicted octanol–water partition coefficient (Wildman–Crippen LogP) is 3.31. The summed E-state index contributed by atoms with van der Waals surface area (Å²) in [6, 6.07) is 6.37. The van der Waals surface area contributed by atoms with Crippen molar-refractivity contribution in [2.45, 2.75) is 39.5 Å². The Labute approximate surface area is 158 Å². The van der Waals surface area contributed by atoms with Gasteiger partial charge in [-0.25, -0.2) is 4.99 Å². The number of nitrogens with zero attached hydrogens (tertiary/aromatic N) is 1. The number of rotatable bonds is 14. The number of hydrogen-bond donors (Lipinski definition) is 2. The third-order valence-corrected chi connectivity index (χ3v) is 4.32. The van der Waals surface area contributed by atoms with Crippen molar-refractivity contribution >= 4 is 6.34 Å². The molecule has 0 heterocycles. The van der Waals surface area contributed by atoms with E-state index in [1.165, 1.54) is 29.4 Å². The van der Waals surface area contributed by atoms with Gasteiger partial charge in [-0.3, -0.25) is 0 Å². The number of ether oxygens (including phenoxy) is 2. The molecule has 0 fully saturated rings. The molecule has 0 saturated heterocycles. The van der Waals surface area contributed by atoms with Crippen molar-refractivity contribution in [1.29, 1.82) is 0 Å². The number of benzene rings is 1. The number of nitrogens with two attached hydrogens (primary N) is 1. The minimum Gasteiger partial charge on any atom is -0.390 e. The van der Waals surface area contributed by atoms with Crippen LogP contribution in [-0.4, -0.2) is 45.9 Å². The van der Waals surface area contributed by atoms with Crippen LogP contribution in [0.5, 0.6) is 0 Å². The lowest BCUT2D eigenvalue weighted by atomic mass is 9.93. The molecule has 0 bridgehead atoms. The lowest BCUT2D eigenvalue weighted by Crippen LogP contribution is -2.25. The van der Waals surface area contributed by atoms with Gasteiger partial charge in [0.2, 0.25) is 0 Å². The van der Waals surface area contributed by atoms with Gasteiger partial charge in [0.15, 0.2) is 0 Å². The number of aryl methyl sites for hydroxylation is 1. The molecular weight excluding hydrogens is 326 g/mol. The van der Waals surface area contributed by atoms with E-state index in [1.807, 2.05) is 6.08 Å². The fraction of sp³-hybridized carbons (Fsp3) is 0.571. The van der Waals surface area contributed by atoms with E-state index in [0.717, 1.165) is 32.7 Å². The van der Waals surface area contributed by atoms with Crippen LogP contribution >= 0.6 is 0 Å². The Hall–Kier alpha value is -1.69. The molecule has 5 nitrogen and oxygen atoms in total. The Kier molecular flexibility index (Phi) is 12.4. The van der Waals surface area contributed by atoms with E-state index in [2.05, 4.69) is 49.3 Å². The van der Waals surface area contributed by atoms with Crippen LogP contribution in [0.25, 0.3) is 0 Å². The van der Waals surface area contributed by atoms with E-state index in [4.69, 9.17) is 15.2 Å². The average Bonchev–Trinajstić information content (AvgIpc) is 2.64. The quantitative estimate of drug-likeness (QED) is 0.303. The Balaban J connectivity index is 2.37. The highest BCUT2D eigenvalue weighted by Gasteiger charge is 2.12. The first-order valence-corrected chi connectivity index (χ1v) is 9.53. The zero-order valence-electron chi connectivity index (χ0n) is 16.5. The van der Waals surface area contributed by atoms with Crippen LogP contribution in [0.1, 0.15) is 42.4 Å². The number of aliphatic imine (C=N–C) groups is 1. The molecule has 1 atom stereocenters. The van der Waals surface area contributed by atoms with Crippen LogP contribution in [0.4, 0.5) is 0 Å². The third kappa shape index (κ3) is 9.13. The van der Waals surface area contributed by atoms with Crippen LogP contribution < -0.4 is 11.1 Å². The standard InChI is InChI=1S/C21H35N3O2/c1-4-5-13-25-14-11-23-12-15-26-16-20(9-10-24-17-22)21-8-6-7-18(2)19(21)3/h6-10,17,20,23H,4-5,11-16H2,1-3H3,(H2,22,24)/b10-9+. The molecule has 0 aliphatic rings. The van der Waals surface area contributed by atoms with Crippen LogP contribution in [0, 0.1) is 13.8 Å². The van der Waals surface area contributed by atoms with Crippen LogP contribution in [0.15, 0.2) is 35.5 Å². The molecule has 3 N–H and O–H groups in total. The molecule has 26 heavy (non-hydrogen) atoms. The summed E-state index contributed by atoms with van der Waals surface area (Å²) in [7, 11) is 0. The lowest BCUT2D eigenvalue weighted by Gasteiger charge is -2.17. The van der Waals surface area contributed by atoms with E-state index >= 15 is 0 Å². The Morgan fingerprint density at radius 1 is 1.15 bits per heavy atom. The topological polar surface area (TPSA) is 68.9 Å². The van der Waals surface area contributed by atoms with Crippen molar-refractivity contribution in [3.63, 3.8) is 0 Å². The molecule has 0 aliphatic carbocycles. The molecule has 1 unspecified atom stereocenters. The van der Waals surface area contributed by atoms with Gasteiger partial charge in [-0.1, -0.05) is 37.6 Å². The number of nitrogens with one attached hydrogen (secondary N) is 1. The summed E-state index contributed by atoms with van der Waals surface area (Å²) in [6.45, 7) is 11.0. The fourth-order valence-corrected chi connectivity index (χ4v) is 2.60. The molecule has 0 spiro atoms. The van der Waals surface area contributed by atoms with Crippen molar-refractivity contribution in [3.05, 3.63) is 47.2 Å². The largest absolute Gasteiger partial charge is 0.390 e. The minimum atomic E-state index is 0.163. The van der Waals surface area contributed by atoms with Gasteiger partial charge in [0, 0.05) is 31.8 Å². The summed E-state index contributed by atoms with van der Waals surface area (Å²) in [6.07, 6.45) is 7.38. The predicted molar refractivity (Wildman–Crippen MR) is 110 cm³/mol. The SMILES string of the molecule is CCCCOCCNCCOCC(/C=C/N=CN)c1cccc(C)c1C. The molecule has 0 radical (unpaired) electrons. The van der Waals surface area contributed by atoms with E-state index < -0.39 is 0 Å². The first-order chi connectivity index (χ1) is 12.7. The molecule has 1 aromatic carbocycles. The van der Waals surface area contributed by atoms with Gasteiger partial charge in [0.05, 0.1) is 26.2 Å². The summed E-state index contributed by atoms with van der Waals surface area (Å²) in [5, 5.41) is 3.34. The maximum atomic E-state index is 5.88. The normalized spacial score (nSPS) is 13.0. The molecule has 1 rings (SSSR count). The molecule has 0 aliphatic heterocycles. The van der Waals surface area contributed by atoms with Crippen molar-refractivity contribution in [2.24, 2.45) is 10.7 Å². The molecule has 0 saturated carbocycles. The van der Waals surface area contributed by atoms with Crippen molar-refractivity contribution in [1.82, 2.24) is 5.32 Å². The molecule has 1 aromatic rings. The summed E-state index contributed by atoms with van der Waals surface area (Å²) >= 11 is 0. The summed E-state index contributed by atoms with van der Waals surface area (Å²) in [5.74, 6) is 0.163. The fourth-order valence-electron chi connectivity index (χ4n) is 2.60. The molecule has 0 aromatic heterocycles. The van der Waals surface area contributed by atoms with Crippen LogP contribution in [0.2, 0.25) is 0 Å². The summed E-state index contributed by atoms with van der Waals surface area (Å²) < 4.78 is 11.4. The second-order valence-corrected chi connectivity index (χ2v) is 6.33. The first-order valence-electron chi connectivity index (χ1n) is 9.53. The van der Waals surface area contributed by atoms with Gasteiger partial charge in [0.1, 0.15) is 0 Å². The van der Waals surface area contributed by atoms with Gasteiger partial charge < -0.3 is 20.5 Å². The highest BCUT2D eigenvalue weighted by molar-refractivity contribution is 5.52. The van der Waals surface area contributed by atoms with Gasteiger partial charge in [-0.15, -0.1) is 0 Å². The van der Waals surface area contributed by atoms with E-state index in [0.29, 0.717) is 13.2 Å². The van der Waals surface area contributed by atoms with E-state index in [-0.39, 0.29) is 5.92 Å². The summed E-state index contributed by atoms with van der Waals surface area (Å²) in [5.41, 5.74) is 9.17. The smallest absolute Gasteiger partial charge is 0.0852 e. The number of unbranched alkanes of at least 4 members (excludes halogenated alkanes) is 1. The monoisotopic (exact) mass is 361 g/mol. The third-order valence-electron chi connectivity index (χ3n) is 4.32. The van der Waals surface area contributed by atoms with Gasteiger partial charge in [-0.05, 0) is 37.0 Å². The van der Waals surface area contributed by atoms with E-state index in [9.17, 15) is 0 Å². The lowest BCUT2D eigenvalue weighted by molar-refractivity contribution is 0.117. The van der Waals surface area contributed by atoms with Crippen LogP contribution in [-0.2, 0) is 9.47 Å². The second kappa shape index (κ2) is 14.5. The first kappa shape index (κ1) is 22.4. The molecule has 146 valence electrons. The van der Waals surface area contributed by atoms with Crippen LogP contribution in [0.3, 0.4) is 0 Å². The van der Waals surface area contributed by atoms with Crippen molar-refractivity contribution < 1.29 is 9.47 Å². The Bertz CT molecular complexity index is 544. The molecule has 0 amide bonds. The highest BCUT2D eigenvalue weighted by atomic mass is 16.5. The minimum absolute atomic E-state index is 0.163. The Morgan fingerprint density at radius 2 is 1.92 bits per heavy atom. The molecular formula is C21H35N3O2. The van der Waals surface area contributed by atoms with Crippen molar-refractivity contribution in [2.75, 3.05) is 39.5 Å². The van der Waals surface area contributed by atoms with E-state index in [1.54, 1.807) is 6.20 Å². The van der Waals surface area contributed by atoms with Gasteiger partial charge in [0.25, 0.3) is 0 Å². The average molecular weight is 362 g/mol. The Morgan fingerprint density at radius 3 is 2.65 bits per heavy atom. The zero-order valence-corrected chi connectivity index (χ0v) is 16.5. The maximum absolute atomic E-state index is 5.88. The van der Waals surface area contributed by atoms with Gasteiger partial charge >= 0.3 is 0 Å².